The van der Waals surface area contributed by atoms with Gasteiger partial charge in [-0.2, -0.15) is 0 Å². The van der Waals surface area contributed by atoms with Crippen LogP contribution in [0.3, 0.4) is 0 Å². The molecule has 0 radical (unpaired) electrons. The van der Waals surface area contributed by atoms with Gasteiger partial charge in [0, 0.05) is 13.0 Å². The zero-order chi connectivity index (χ0) is 8.10. The van der Waals surface area contributed by atoms with Gasteiger partial charge in [-0.05, 0) is 32.6 Å². The molecule has 11 heavy (non-hydrogen) atoms. The number of carbonyl (C=O) groups is 1. The molecular weight excluding hydrogens is 140 g/mol. The molecule has 1 fully saturated rings. The highest BCUT2D eigenvalue weighted by Crippen LogP contribution is 2.17. The molecule has 0 saturated carbocycles. The Labute approximate surface area is 67.9 Å². The Hall–Kier alpha value is -0.370. The first-order valence-electron chi connectivity index (χ1n) is 4.40. The number of Topliss-reactive ketones (excluding diaryl/α,β-unsaturated/α-hetero) is 1. The molecule has 2 nitrogen and oxygen atoms in total. The lowest BCUT2D eigenvalue weighted by molar-refractivity contribution is -0.117. The van der Waals surface area contributed by atoms with Crippen molar-refractivity contribution in [2.45, 2.75) is 45.1 Å². The molecule has 1 rings (SSSR count). The van der Waals surface area contributed by atoms with Gasteiger partial charge in [-0.1, -0.05) is 0 Å². The molecule has 0 aliphatic carbocycles. The number of carbonyl (C=O) groups excluding carboxylic acids is 1. The molecule has 0 aromatic heterocycles. The van der Waals surface area contributed by atoms with Gasteiger partial charge < -0.3 is 9.53 Å². The van der Waals surface area contributed by atoms with Gasteiger partial charge in [0.2, 0.25) is 0 Å². The molecule has 1 saturated heterocycles. The van der Waals surface area contributed by atoms with E-state index in [1.54, 1.807) is 6.92 Å². The van der Waals surface area contributed by atoms with Gasteiger partial charge in [0.15, 0.2) is 0 Å². The van der Waals surface area contributed by atoms with Crippen LogP contribution in [0, 0.1) is 0 Å². The van der Waals surface area contributed by atoms with Crippen molar-refractivity contribution >= 4 is 5.78 Å². The third-order valence-corrected chi connectivity index (χ3v) is 2.08. The number of hydrogen-bond acceptors (Lipinski definition) is 2. The molecule has 0 bridgehead atoms. The van der Waals surface area contributed by atoms with Crippen LogP contribution in [-0.4, -0.2) is 18.5 Å². The Morgan fingerprint density at radius 3 is 3.00 bits per heavy atom. The molecule has 0 N–H and O–H groups in total. The van der Waals surface area contributed by atoms with Crippen LogP contribution in [0.15, 0.2) is 0 Å². The Morgan fingerprint density at radius 2 is 2.45 bits per heavy atom. The minimum Gasteiger partial charge on any atom is -0.378 e. The summed E-state index contributed by atoms with van der Waals surface area (Å²) in [4.78, 5) is 10.6. The second-order valence-electron chi connectivity index (χ2n) is 3.23. The van der Waals surface area contributed by atoms with E-state index in [-0.39, 0.29) is 0 Å². The molecule has 64 valence electrons. The summed E-state index contributed by atoms with van der Waals surface area (Å²) < 4.78 is 5.42. The molecule has 0 spiro atoms. The average molecular weight is 156 g/mol. The summed E-state index contributed by atoms with van der Waals surface area (Å²) in [5.41, 5.74) is 0. The first-order chi connectivity index (χ1) is 5.29. The van der Waals surface area contributed by atoms with Gasteiger partial charge in [-0.3, -0.25) is 0 Å². The fourth-order valence-corrected chi connectivity index (χ4v) is 1.45. The van der Waals surface area contributed by atoms with E-state index in [9.17, 15) is 4.79 Å². The van der Waals surface area contributed by atoms with Crippen LogP contribution in [0.1, 0.15) is 39.0 Å². The quantitative estimate of drug-likeness (QED) is 0.621. The summed E-state index contributed by atoms with van der Waals surface area (Å²) in [6.45, 7) is 2.57. The standard InChI is InChI=1S/C9H16O2/c1-8(10)4-2-5-9-6-3-7-11-9/h9H,2-7H2,1H3. The highest BCUT2D eigenvalue weighted by molar-refractivity contribution is 5.75. The van der Waals surface area contributed by atoms with Crippen molar-refractivity contribution in [3.8, 4) is 0 Å². The molecule has 1 heterocycles. The van der Waals surface area contributed by atoms with Crippen molar-refractivity contribution < 1.29 is 9.53 Å². The smallest absolute Gasteiger partial charge is 0.129 e. The summed E-state index contributed by atoms with van der Waals surface area (Å²) in [5.74, 6) is 0.294. The first-order valence-corrected chi connectivity index (χ1v) is 4.40. The van der Waals surface area contributed by atoms with Gasteiger partial charge in [-0.15, -0.1) is 0 Å². The molecule has 0 aromatic rings. The van der Waals surface area contributed by atoms with Gasteiger partial charge in [0.1, 0.15) is 5.78 Å². The molecule has 2 heteroatoms. The third kappa shape index (κ3) is 3.51. The molecule has 1 atom stereocenters. The van der Waals surface area contributed by atoms with Crippen LogP contribution in [-0.2, 0) is 9.53 Å². The Bertz CT molecular complexity index is 126. The van der Waals surface area contributed by atoms with Crippen molar-refractivity contribution in [3.05, 3.63) is 0 Å². The van der Waals surface area contributed by atoms with E-state index in [2.05, 4.69) is 0 Å². The zero-order valence-corrected chi connectivity index (χ0v) is 7.14. The zero-order valence-electron chi connectivity index (χ0n) is 7.14. The largest absolute Gasteiger partial charge is 0.378 e. The Morgan fingerprint density at radius 1 is 1.64 bits per heavy atom. The normalized spacial score (nSPS) is 23.9. The Balaban J connectivity index is 1.98. The van der Waals surface area contributed by atoms with E-state index in [1.165, 1.54) is 12.8 Å². The fourth-order valence-electron chi connectivity index (χ4n) is 1.45. The lowest BCUT2D eigenvalue weighted by Crippen LogP contribution is -2.05. The van der Waals surface area contributed by atoms with Gasteiger partial charge >= 0.3 is 0 Å². The summed E-state index contributed by atoms with van der Waals surface area (Å²) in [6.07, 6.45) is 5.64. The van der Waals surface area contributed by atoms with E-state index < -0.39 is 0 Å². The van der Waals surface area contributed by atoms with Crippen LogP contribution in [0.4, 0.5) is 0 Å². The summed E-state index contributed by atoms with van der Waals surface area (Å²) >= 11 is 0. The molecule has 0 aromatic carbocycles. The lowest BCUT2D eigenvalue weighted by Gasteiger charge is -2.06. The van der Waals surface area contributed by atoms with E-state index in [0.29, 0.717) is 11.9 Å². The average Bonchev–Trinajstić information content (AvgIpc) is 2.39. The maximum absolute atomic E-state index is 10.6. The van der Waals surface area contributed by atoms with E-state index in [0.717, 1.165) is 25.9 Å². The number of hydrogen-bond donors (Lipinski definition) is 0. The minimum absolute atomic E-state index is 0.294. The second-order valence-corrected chi connectivity index (χ2v) is 3.23. The van der Waals surface area contributed by atoms with Crippen molar-refractivity contribution in [1.82, 2.24) is 0 Å². The lowest BCUT2D eigenvalue weighted by atomic mass is 10.1. The van der Waals surface area contributed by atoms with E-state index >= 15 is 0 Å². The van der Waals surface area contributed by atoms with Crippen LogP contribution in [0.25, 0.3) is 0 Å². The maximum Gasteiger partial charge on any atom is 0.129 e. The summed E-state index contributed by atoms with van der Waals surface area (Å²) in [6, 6.07) is 0. The molecule has 1 unspecified atom stereocenters. The summed E-state index contributed by atoms with van der Waals surface area (Å²) in [7, 11) is 0. The highest BCUT2D eigenvalue weighted by Gasteiger charge is 2.14. The topological polar surface area (TPSA) is 26.3 Å². The second kappa shape index (κ2) is 4.50. The number of ketones is 1. The number of ether oxygens (including phenoxy) is 1. The minimum atomic E-state index is 0.294. The van der Waals surface area contributed by atoms with Crippen LogP contribution >= 0.6 is 0 Å². The van der Waals surface area contributed by atoms with Crippen molar-refractivity contribution in [2.75, 3.05) is 6.61 Å². The molecule has 0 amide bonds. The fraction of sp³-hybridized carbons (Fsp3) is 0.889. The van der Waals surface area contributed by atoms with E-state index in [4.69, 9.17) is 4.74 Å². The van der Waals surface area contributed by atoms with Crippen molar-refractivity contribution in [3.63, 3.8) is 0 Å². The van der Waals surface area contributed by atoms with Crippen LogP contribution in [0.5, 0.6) is 0 Å². The third-order valence-electron chi connectivity index (χ3n) is 2.08. The Kier molecular flexibility index (Phi) is 3.57. The predicted molar refractivity (Wildman–Crippen MR) is 43.5 cm³/mol. The van der Waals surface area contributed by atoms with Gasteiger partial charge in [0.25, 0.3) is 0 Å². The molecule has 1 aliphatic rings. The van der Waals surface area contributed by atoms with Crippen LogP contribution in [0.2, 0.25) is 0 Å². The SMILES string of the molecule is CC(=O)CCCC1CCCO1. The van der Waals surface area contributed by atoms with Crippen molar-refractivity contribution in [1.29, 1.82) is 0 Å². The van der Waals surface area contributed by atoms with Crippen molar-refractivity contribution in [2.24, 2.45) is 0 Å². The first kappa shape index (κ1) is 8.72. The molecular formula is C9H16O2. The maximum atomic E-state index is 10.6. The van der Waals surface area contributed by atoms with Gasteiger partial charge in [0.05, 0.1) is 6.10 Å². The van der Waals surface area contributed by atoms with Gasteiger partial charge in [-0.25, -0.2) is 0 Å². The monoisotopic (exact) mass is 156 g/mol. The summed E-state index contributed by atoms with van der Waals surface area (Å²) in [5, 5.41) is 0. The predicted octanol–water partition coefficient (Wildman–Crippen LogP) is 1.92. The van der Waals surface area contributed by atoms with Crippen LogP contribution < -0.4 is 0 Å². The number of rotatable bonds is 4. The molecule has 1 aliphatic heterocycles. The van der Waals surface area contributed by atoms with E-state index in [1.807, 2.05) is 0 Å². The highest BCUT2D eigenvalue weighted by atomic mass is 16.5.